The van der Waals surface area contributed by atoms with E-state index in [4.69, 9.17) is 4.42 Å². The van der Waals surface area contributed by atoms with Crippen molar-refractivity contribution in [1.82, 2.24) is 15.5 Å². The number of aromatic nitrogens is 2. The summed E-state index contributed by atoms with van der Waals surface area (Å²) in [5.74, 6) is 0.233. The second-order valence-electron chi connectivity index (χ2n) is 6.33. The van der Waals surface area contributed by atoms with E-state index in [1.54, 1.807) is 0 Å². The Morgan fingerprint density at radius 2 is 1.81 bits per heavy atom. The van der Waals surface area contributed by atoms with Crippen LogP contribution in [0.3, 0.4) is 0 Å². The molecule has 0 aliphatic rings. The van der Waals surface area contributed by atoms with Crippen LogP contribution in [0.5, 0.6) is 0 Å². The fraction of sp³-hybridized carbons (Fsp3) is 0.316. The standard InChI is InChI=1S/C19H21N3O4S/c1-27(24,25)19-22-21-17(26-19)12-3-2-6-13-20-18(23)16-11-7-9-14-8-4-5-10-15(14)16/h4-5,7-11H,2-3,6,12-13H2,1H3,(H,20,23). The van der Waals surface area contributed by atoms with Crippen LogP contribution in [0.4, 0.5) is 0 Å². The SMILES string of the molecule is CS(=O)(=O)c1nnc(CCCCCNC(=O)c2cccc3ccccc23)o1. The molecule has 0 unspecified atom stereocenters. The number of aryl methyl sites for hydroxylation is 1. The van der Waals surface area contributed by atoms with E-state index in [2.05, 4.69) is 15.5 Å². The van der Waals surface area contributed by atoms with E-state index in [9.17, 15) is 13.2 Å². The number of hydrogen-bond acceptors (Lipinski definition) is 6. The minimum atomic E-state index is -3.46. The molecule has 2 aromatic carbocycles. The maximum Gasteiger partial charge on any atom is 0.335 e. The lowest BCUT2D eigenvalue weighted by Crippen LogP contribution is -2.24. The summed E-state index contributed by atoms with van der Waals surface area (Å²) >= 11 is 0. The molecule has 1 aromatic heterocycles. The van der Waals surface area contributed by atoms with Crippen LogP contribution in [0.2, 0.25) is 0 Å². The van der Waals surface area contributed by atoms with Crippen molar-refractivity contribution in [2.45, 2.75) is 30.9 Å². The summed E-state index contributed by atoms with van der Waals surface area (Å²) in [5, 5.41) is 11.8. The van der Waals surface area contributed by atoms with Crippen LogP contribution in [0.1, 0.15) is 35.5 Å². The molecule has 7 nitrogen and oxygen atoms in total. The zero-order valence-electron chi connectivity index (χ0n) is 15.0. The van der Waals surface area contributed by atoms with E-state index < -0.39 is 9.84 Å². The second kappa shape index (κ2) is 8.30. The van der Waals surface area contributed by atoms with Gasteiger partial charge in [0.1, 0.15) is 0 Å². The van der Waals surface area contributed by atoms with Crippen LogP contribution in [-0.4, -0.2) is 37.3 Å². The molecule has 0 saturated carbocycles. The number of hydrogen-bond donors (Lipinski definition) is 1. The third kappa shape index (κ3) is 4.91. The number of fused-ring (bicyclic) bond motifs is 1. The number of amides is 1. The van der Waals surface area contributed by atoms with Crippen molar-refractivity contribution in [1.29, 1.82) is 0 Å². The van der Waals surface area contributed by atoms with E-state index in [0.717, 1.165) is 36.3 Å². The van der Waals surface area contributed by atoms with Crippen molar-refractivity contribution < 1.29 is 17.6 Å². The number of benzene rings is 2. The number of nitrogens with one attached hydrogen (secondary N) is 1. The first-order chi connectivity index (χ1) is 12.9. The average molecular weight is 387 g/mol. The van der Waals surface area contributed by atoms with Gasteiger partial charge in [-0.05, 0) is 29.7 Å². The van der Waals surface area contributed by atoms with E-state index in [-0.39, 0.29) is 11.1 Å². The highest BCUT2D eigenvalue weighted by atomic mass is 32.2. The van der Waals surface area contributed by atoms with Crippen LogP contribution in [-0.2, 0) is 16.3 Å². The molecule has 0 fully saturated rings. The van der Waals surface area contributed by atoms with Gasteiger partial charge in [-0.2, -0.15) is 0 Å². The minimum absolute atomic E-state index is 0.0819. The fourth-order valence-electron chi connectivity index (χ4n) is 2.79. The molecule has 142 valence electrons. The summed E-state index contributed by atoms with van der Waals surface area (Å²) in [7, 11) is -3.46. The minimum Gasteiger partial charge on any atom is -0.413 e. The molecule has 3 aromatic rings. The van der Waals surface area contributed by atoms with Crippen LogP contribution in [0.25, 0.3) is 10.8 Å². The summed E-state index contributed by atoms with van der Waals surface area (Å²) < 4.78 is 27.7. The zero-order valence-corrected chi connectivity index (χ0v) is 15.8. The Kier molecular flexibility index (Phi) is 5.85. The van der Waals surface area contributed by atoms with Gasteiger partial charge < -0.3 is 9.73 Å². The van der Waals surface area contributed by atoms with E-state index >= 15 is 0 Å². The van der Waals surface area contributed by atoms with Gasteiger partial charge >= 0.3 is 5.22 Å². The van der Waals surface area contributed by atoms with Crippen molar-refractivity contribution in [3.05, 3.63) is 53.9 Å². The Balaban J connectivity index is 1.42. The van der Waals surface area contributed by atoms with Crippen LogP contribution in [0, 0.1) is 0 Å². The second-order valence-corrected chi connectivity index (χ2v) is 8.22. The lowest BCUT2D eigenvalue weighted by Gasteiger charge is -2.08. The molecule has 27 heavy (non-hydrogen) atoms. The third-order valence-electron chi connectivity index (χ3n) is 4.15. The number of carbonyl (C=O) groups is 1. The van der Waals surface area contributed by atoms with Gasteiger partial charge in [0.15, 0.2) is 0 Å². The predicted molar refractivity (Wildman–Crippen MR) is 101 cm³/mol. The van der Waals surface area contributed by atoms with Gasteiger partial charge in [0.25, 0.3) is 5.91 Å². The quantitative estimate of drug-likeness (QED) is 0.596. The normalized spacial score (nSPS) is 11.6. The molecule has 1 N–H and O–H groups in total. The number of sulfone groups is 1. The fourth-order valence-corrected chi connectivity index (χ4v) is 3.22. The summed E-state index contributed by atoms with van der Waals surface area (Å²) in [6, 6.07) is 13.5. The van der Waals surface area contributed by atoms with Gasteiger partial charge in [0, 0.05) is 24.8 Å². The van der Waals surface area contributed by atoms with Gasteiger partial charge in [-0.15, -0.1) is 5.10 Å². The first kappa shape index (κ1) is 19.0. The first-order valence-electron chi connectivity index (χ1n) is 8.73. The molecule has 1 amide bonds. The Morgan fingerprint density at radius 1 is 1.04 bits per heavy atom. The van der Waals surface area contributed by atoms with Gasteiger partial charge in [-0.25, -0.2) is 8.42 Å². The number of carbonyl (C=O) groups excluding carboxylic acids is 1. The highest BCUT2D eigenvalue weighted by molar-refractivity contribution is 7.90. The van der Waals surface area contributed by atoms with Crippen molar-refractivity contribution in [3.63, 3.8) is 0 Å². The predicted octanol–water partition coefficient (Wildman–Crippen LogP) is 2.77. The maximum absolute atomic E-state index is 12.4. The van der Waals surface area contributed by atoms with Crippen molar-refractivity contribution in [2.24, 2.45) is 0 Å². The molecule has 3 rings (SSSR count). The van der Waals surface area contributed by atoms with Gasteiger partial charge in [0.05, 0.1) is 0 Å². The van der Waals surface area contributed by atoms with Gasteiger partial charge in [0.2, 0.25) is 15.7 Å². The smallest absolute Gasteiger partial charge is 0.335 e. The summed E-state index contributed by atoms with van der Waals surface area (Å²) in [5.41, 5.74) is 0.673. The van der Waals surface area contributed by atoms with E-state index in [1.165, 1.54) is 0 Å². The number of nitrogens with zero attached hydrogens (tertiary/aromatic N) is 2. The lowest BCUT2D eigenvalue weighted by molar-refractivity contribution is 0.0954. The molecule has 0 bridgehead atoms. The first-order valence-corrected chi connectivity index (χ1v) is 10.6. The molecule has 0 aliphatic carbocycles. The summed E-state index contributed by atoms with van der Waals surface area (Å²) in [6.45, 7) is 0.570. The van der Waals surface area contributed by atoms with Gasteiger partial charge in [-0.3, -0.25) is 4.79 Å². The molecule has 0 saturated heterocycles. The average Bonchev–Trinajstić information content (AvgIpc) is 3.13. The Morgan fingerprint density at radius 3 is 2.59 bits per heavy atom. The molecule has 8 heteroatoms. The van der Waals surface area contributed by atoms with Crippen LogP contribution in [0.15, 0.2) is 52.1 Å². The Hall–Kier alpha value is -2.74. The van der Waals surface area contributed by atoms with Crippen LogP contribution < -0.4 is 5.32 Å². The molecule has 1 heterocycles. The van der Waals surface area contributed by atoms with Crippen molar-refractivity contribution >= 4 is 26.5 Å². The number of rotatable bonds is 8. The highest BCUT2D eigenvalue weighted by Gasteiger charge is 2.16. The Labute approximate surface area is 157 Å². The lowest BCUT2D eigenvalue weighted by atomic mass is 10.0. The zero-order chi connectivity index (χ0) is 19.3. The molecule has 0 atom stereocenters. The highest BCUT2D eigenvalue weighted by Crippen LogP contribution is 2.18. The van der Waals surface area contributed by atoms with Crippen molar-refractivity contribution in [3.8, 4) is 0 Å². The van der Waals surface area contributed by atoms with Gasteiger partial charge in [-0.1, -0.05) is 47.9 Å². The molecular weight excluding hydrogens is 366 g/mol. The largest absolute Gasteiger partial charge is 0.413 e. The van der Waals surface area contributed by atoms with Crippen LogP contribution >= 0.6 is 0 Å². The van der Waals surface area contributed by atoms with E-state index in [1.807, 2.05) is 42.5 Å². The molecule has 0 aliphatic heterocycles. The maximum atomic E-state index is 12.4. The Bertz CT molecular complexity index is 1040. The monoisotopic (exact) mass is 387 g/mol. The summed E-state index contributed by atoms with van der Waals surface area (Å²) in [4.78, 5) is 12.4. The molecule has 0 radical (unpaired) electrons. The third-order valence-corrected chi connectivity index (χ3v) is 4.95. The molecule has 0 spiro atoms. The summed E-state index contributed by atoms with van der Waals surface area (Å²) in [6.07, 6.45) is 3.98. The molecular formula is C19H21N3O4S. The van der Waals surface area contributed by atoms with E-state index in [0.29, 0.717) is 24.4 Å². The number of unbranched alkanes of at least 4 members (excludes halogenated alkanes) is 2. The topological polar surface area (TPSA) is 102 Å². The van der Waals surface area contributed by atoms with Crippen molar-refractivity contribution in [2.75, 3.05) is 12.8 Å².